The third-order valence-electron chi connectivity index (χ3n) is 3.66. The van der Waals surface area contributed by atoms with Gasteiger partial charge in [0.25, 0.3) is 0 Å². The molecule has 0 aromatic heterocycles. The van der Waals surface area contributed by atoms with Crippen molar-refractivity contribution in [2.24, 2.45) is 0 Å². The zero-order valence-electron chi connectivity index (χ0n) is 12.4. The Kier molecular flexibility index (Phi) is 3.71. The number of carbonyl (C=O) groups excluding carboxylic acids is 2. The summed E-state index contributed by atoms with van der Waals surface area (Å²) in [7, 11) is 1.49. The molecule has 1 aliphatic rings. The average Bonchev–Trinajstić information content (AvgIpc) is 2.83. The number of benzene rings is 2. The van der Waals surface area contributed by atoms with Gasteiger partial charge in [-0.1, -0.05) is 24.3 Å². The van der Waals surface area contributed by atoms with E-state index in [-0.39, 0.29) is 6.10 Å². The summed E-state index contributed by atoms with van der Waals surface area (Å²) in [4.78, 5) is 24.0. The highest BCUT2D eigenvalue weighted by atomic mass is 16.6. The van der Waals surface area contributed by atoms with Gasteiger partial charge in [-0.2, -0.15) is 0 Å². The highest BCUT2D eigenvalue weighted by Gasteiger charge is 2.35. The average molecular weight is 300 g/mol. The molecule has 0 radical (unpaired) electrons. The number of cyclic esters (lactones) is 1. The van der Waals surface area contributed by atoms with Crippen LogP contribution in [0.1, 0.15) is 23.7 Å². The van der Waals surface area contributed by atoms with E-state index >= 15 is 0 Å². The first kappa shape index (κ1) is 14.4. The third-order valence-corrected chi connectivity index (χ3v) is 3.66. The minimum atomic E-state index is -0.848. The lowest BCUT2D eigenvalue weighted by molar-refractivity contribution is -0.147. The first-order chi connectivity index (χ1) is 10.6. The van der Waals surface area contributed by atoms with Crippen LogP contribution in [0.5, 0.6) is 5.75 Å². The van der Waals surface area contributed by atoms with Crippen molar-refractivity contribution in [3.8, 4) is 5.75 Å². The lowest BCUT2D eigenvalue weighted by Gasteiger charge is -2.12. The molecule has 0 aliphatic carbocycles. The summed E-state index contributed by atoms with van der Waals surface area (Å²) in [5.74, 6) is -0.664. The van der Waals surface area contributed by atoms with Gasteiger partial charge in [0.05, 0.1) is 7.11 Å². The second kappa shape index (κ2) is 5.67. The number of carbonyl (C=O) groups is 2. The van der Waals surface area contributed by atoms with Crippen LogP contribution in [0.2, 0.25) is 0 Å². The molecule has 0 amide bonds. The van der Waals surface area contributed by atoms with Crippen molar-refractivity contribution in [1.82, 2.24) is 0 Å². The maximum atomic E-state index is 12.4. The maximum absolute atomic E-state index is 12.4. The van der Waals surface area contributed by atoms with Crippen molar-refractivity contribution in [2.45, 2.75) is 25.6 Å². The molecule has 2 aromatic rings. The molecule has 0 N–H and O–H groups in total. The van der Waals surface area contributed by atoms with E-state index in [1.54, 1.807) is 19.1 Å². The highest BCUT2D eigenvalue weighted by molar-refractivity contribution is 5.99. The van der Waals surface area contributed by atoms with Crippen molar-refractivity contribution < 1.29 is 23.8 Å². The molecular weight excluding hydrogens is 284 g/mol. The fourth-order valence-corrected chi connectivity index (χ4v) is 2.56. The molecule has 2 atom stereocenters. The Morgan fingerprint density at radius 2 is 1.91 bits per heavy atom. The van der Waals surface area contributed by atoms with Gasteiger partial charge < -0.3 is 14.2 Å². The minimum absolute atomic E-state index is 0.233. The summed E-state index contributed by atoms with van der Waals surface area (Å²) in [6, 6.07) is 11.1. The van der Waals surface area contributed by atoms with Crippen molar-refractivity contribution in [2.75, 3.05) is 7.11 Å². The number of hydrogen-bond acceptors (Lipinski definition) is 5. The van der Waals surface area contributed by atoms with Crippen LogP contribution in [-0.2, 0) is 14.3 Å². The summed E-state index contributed by atoms with van der Waals surface area (Å²) in [5, 5.41) is 1.86. The lowest BCUT2D eigenvalue weighted by atomic mass is 10.1. The monoisotopic (exact) mass is 300 g/mol. The molecule has 22 heavy (non-hydrogen) atoms. The summed E-state index contributed by atoms with van der Waals surface area (Å²) in [6.45, 7) is 1.77. The van der Waals surface area contributed by atoms with Gasteiger partial charge >= 0.3 is 11.9 Å². The molecule has 1 fully saturated rings. The number of esters is 2. The highest BCUT2D eigenvalue weighted by Crippen LogP contribution is 2.28. The molecule has 5 nitrogen and oxygen atoms in total. The predicted octanol–water partition coefficient (Wildman–Crippen LogP) is 2.71. The molecule has 5 heteroatoms. The van der Waals surface area contributed by atoms with E-state index in [1.165, 1.54) is 7.11 Å². The number of rotatable bonds is 3. The third kappa shape index (κ3) is 2.62. The van der Waals surface area contributed by atoms with Gasteiger partial charge in [0.1, 0.15) is 17.4 Å². The first-order valence-corrected chi connectivity index (χ1v) is 7.06. The van der Waals surface area contributed by atoms with E-state index in [4.69, 9.17) is 14.2 Å². The molecule has 1 heterocycles. The van der Waals surface area contributed by atoms with Crippen LogP contribution < -0.4 is 4.74 Å². The SMILES string of the molecule is COc1cc2ccccc2cc1C(=O)O[C@H]1C[C@@H](C)OC1=O. The first-order valence-electron chi connectivity index (χ1n) is 7.06. The van der Waals surface area contributed by atoms with Crippen LogP contribution in [0.3, 0.4) is 0 Å². The van der Waals surface area contributed by atoms with Crippen molar-refractivity contribution in [3.05, 3.63) is 42.0 Å². The minimum Gasteiger partial charge on any atom is -0.496 e. The van der Waals surface area contributed by atoms with Crippen LogP contribution in [-0.4, -0.2) is 31.3 Å². The Morgan fingerprint density at radius 3 is 2.50 bits per heavy atom. The molecule has 114 valence electrons. The molecule has 1 aliphatic heterocycles. The topological polar surface area (TPSA) is 61.8 Å². The largest absolute Gasteiger partial charge is 0.496 e. The van der Waals surface area contributed by atoms with E-state index < -0.39 is 18.0 Å². The number of hydrogen-bond donors (Lipinski definition) is 0. The molecule has 0 spiro atoms. The predicted molar refractivity (Wildman–Crippen MR) is 79.9 cm³/mol. The van der Waals surface area contributed by atoms with Crippen molar-refractivity contribution in [3.63, 3.8) is 0 Å². The zero-order valence-corrected chi connectivity index (χ0v) is 12.4. The number of methoxy groups -OCH3 is 1. The molecule has 0 saturated carbocycles. The van der Waals surface area contributed by atoms with Crippen LogP contribution in [0.25, 0.3) is 10.8 Å². The van der Waals surface area contributed by atoms with E-state index in [1.807, 2.05) is 24.3 Å². The standard InChI is InChI=1S/C17H16O5/c1-10-7-15(17(19)21-10)22-16(18)13-8-11-5-3-4-6-12(11)9-14(13)20-2/h3-6,8-10,15H,7H2,1-2H3/t10-,15+/m1/s1. The Labute approximate surface area is 127 Å². The van der Waals surface area contributed by atoms with E-state index in [2.05, 4.69) is 0 Å². The van der Waals surface area contributed by atoms with Crippen LogP contribution >= 0.6 is 0 Å². The smallest absolute Gasteiger partial charge is 0.347 e. The van der Waals surface area contributed by atoms with Crippen molar-refractivity contribution >= 4 is 22.7 Å². The number of ether oxygens (including phenoxy) is 3. The van der Waals surface area contributed by atoms with Gasteiger partial charge in [-0.15, -0.1) is 0 Å². The van der Waals surface area contributed by atoms with Gasteiger partial charge in [-0.25, -0.2) is 9.59 Å². The Morgan fingerprint density at radius 1 is 1.23 bits per heavy atom. The van der Waals surface area contributed by atoms with Gasteiger partial charge in [0.15, 0.2) is 0 Å². The summed E-state index contributed by atoms with van der Waals surface area (Å²) in [5.41, 5.74) is 0.300. The zero-order chi connectivity index (χ0) is 15.7. The van der Waals surface area contributed by atoms with Crippen LogP contribution in [0, 0.1) is 0 Å². The molecule has 0 unspecified atom stereocenters. The molecule has 0 bridgehead atoms. The summed E-state index contributed by atoms with van der Waals surface area (Å²) < 4.78 is 15.5. The van der Waals surface area contributed by atoms with E-state index in [0.717, 1.165) is 10.8 Å². The molecular formula is C17H16O5. The van der Waals surface area contributed by atoms with Crippen LogP contribution in [0.4, 0.5) is 0 Å². The summed E-state index contributed by atoms with van der Waals surface area (Å²) in [6.07, 6.45) is -0.706. The molecule has 2 aromatic carbocycles. The second-order valence-electron chi connectivity index (χ2n) is 5.28. The Balaban J connectivity index is 1.91. The van der Waals surface area contributed by atoms with Gasteiger partial charge in [0, 0.05) is 6.42 Å². The Hall–Kier alpha value is -2.56. The summed E-state index contributed by atoms with van der Waals surface area (Å²) >= 11 is 0. The fraction of sp³-hybridized carbons (Fsp3) is 0.294. The maximum Gasteiger partial charge on any atom is 0.347 e. The van der Waals surface area contributed by atoms with Crippen molar-refractivity contribution in [1.29, 1.82) is 0 Å². The normalized spacial score (nSPS) is 20.7. The lowest BCUT2D eigenvalue weighted by Crippen LogP contribution is -2.23. The van der Waals surface area contributed by atoms with E-state index in [0.29, 0.717) is 17.7 Å². The van der Waals surface area contributed by atoms with Gasteiger partial charge in [-0.3, -0.25) is 0 Å². The molecule has 3 rings (SSSR count). The van der Waals surface area contributed by atoms with Gasteiger partial charge in [-0.05, 0) is 29.8 Å². The Bertz CT molecular complexity index is 737. The van der Waals surface area contributed by atoms with Gasteiger partial charge in [0.2, 0.25) is 6.10 Å². The second-order valence-corrected chi connectivity index (χ2v) is 5.28. The molecule has 1 saturated heterocycles. The quantitative estimate of drug-likeness (QED) is 0.816. The number of fused-ring (bicyclic) bond motifs is 1. The van der Waals surface area contributed by atoms with Crippen LogP contribution in [0.15, 0.2) is 36.4 Å². The fourth-order valence-electron chi connectivity index (χ4n) is 2.56. The van der Waals surface area contributed by atoms with E-state index in [9.17, 15) is 9.59 Å².